The van der Waals surface area contributed by atoms with Crippen LogP contribution >= 0.6 is 11.6 Å². The van der Waals surface area contributed by atoms with Gasteiger partial charge in [0.2, 0.25) is 0 Å². The van der Waals surface area contributed by atoms with Crippen LogP contribution in [0.1, 0.15) is 35.2 Å². The summed E-state index contributed by atoms with van der Waals surface area (Å²) in [5.74, 6) is 0.182. The van der Waals surface area contributed by atoms with Crippen molar-refractivity contribution in [3.8, 4) is 0 Å². The molecular formula is C14H17ClN2O3. The molecule has 0 aliphatic heterocycles. The number of aryl methyl sites for hydroxylation is 1. The van der Waals surface area contributed by atoms with E-state index in [1.807, 2.05) is 0 Å². The van der Waals surface area contributed by atoms with Crippen LogP contribution in [0.4, 0.5) is 5.69 Å². The van der Waals surface area contributed by atoms with Crippen LogP contribution in [0.5, 0.6) is 0 Å². The lowest BCUT2D eigenvalue weighted by molar-refractivity contribution is -0.385. The van der Waals surface area contributed by atoms with Gasteiger partial charge in [-0.25, -0.2) is 0 Å². The molecule has 108 valence electrons. The molecule has 0 saturated heterocycles. The fourth-order valence-electron chi connectivity index (χ4n) is 2.25. The van der Waals surface area contributed by atoms with Gasteiger partial charge in [0.1, 0.15) is 5.56 Å². The van der Waals surface area contributed by atoms with Crippen LogP contribution in [0, 0.1) is 22.5 Å². The van der Waals surface area contributed by atoms with E-state index < -0.39 is 4.92 Å². The molecule has 0 unspecified atom stereocenters. The van der Waals surface area contributed by atoms with E-state index in [1.54, 1.807) is 19.1 Å². The van der Waals surface area contributed by atoms with E-state index in [0.717, 1.165) is 24.8 Å². The average Bonchev–Trinajstić information content (AvgIpc) is 3.16. The summed E-state index contributed by atoms with van der Waals surface area (Å²) in [6, 6.07) is 4.55. The van der Waals surface area contributed by atoms with E-state index in [9.17, 15) is 14.9 Å². The van der Waals surface area contributed by atoms with Gasteiger partial charge in [0.05, 0.1) is 4.92 Å². The van der Waals surface area contributed by atoms with Crippen LogP contribution < -0.4 is 5.32 Å². The second-order valence-electron chi connectivity index (χ2n) is 5.40. The lowest BCUT2D eigenvalue weighted by Crippen LogP contribution is -2.31. The summed E-state index contributed by atoms with van der Waals surface area (Å²) in [5.41, 5.74) is 0.894. The van der Waals surface area contributed by atoms with Crippen LogP contribution in [-0.4, -0.2) is 23.3 Å². The Morgan fingerprint density at radius 2 is 2.20 bits per heavy atom. The van der Waals surface area contributed by atoms with E-state index in [2.05, 4.69) is 5.32 Å². The summed E-state index contributed by atoms with van der Waals surface area (Å²) in [4.78, 5) is 22.6. The number of rotatable bonds is 6. The highest BCUT2D eigenvalue weighted by Crippen LogP contribution is 2.48. The molecule has 5 nitrogen and oxygen atoms in total. The molecule has 6 heteroatoms. The first-order valence-corrected chi connectivity index (χ1v) is 7.10. The second-order valence-corrected chi connectivity index (χ2v) is 5.78. The van der Waals surface area contributed by atoms with Crippen molar-refractivity contribution in [3.63, 3.8) is 0 Å². The van der Waals surface area contributed by atoms with E-state index in [0.29, 0.717) is 12.4 Å². The Kier molecular flexibility index (Phi) is 4.28. The van der Waals surface area contributed by atoms with Crippen molar-refractivity contribution in [2.75, 3.05) is 12.4 Å². The van der Waals surface area contributed by atoms with Crippen molar-refractivity contribution >= 4 is 23.2 Å². The molecule has 1 amide bonds. The Morgan fingerprint density at radius 1 is 1.50 bits per heavy atom. The van der Waals surface area contributed by atoms with E-state index in [-0.39, 0.29) is 22.6 Å². The molecule has 0 heterocycles. The molecule has 0 bridgehead atoms. The molecule has 1 saturated carbocycles. The van der Waals surface area contributed by atoms with Crippen molar-refractivity contribution in [1.29, 1.82) is 0 Å². The topological polar surface area (TPSA) is 72.2 Å². The lowest BCUT2D eigenvalue weighted by atomic mass is 10.0. The number of alkyl halides is 1. The number of benzene rings is 1. The maximum atomic E-state index is 12.2. The first-order valence-electron chi connectivity index (χ1n) is 6.57. The molecule has 0 radical (unpaired) electrons. The van der Waals surface area contributed by atoms with E-state index in [4.69, 9.17) is 11.6 Å². The Morgan fingerprint density at radius 3 is 2.75 bits per heavy atom. The van der Waals surface area contributed by atoms with Crippen LogP contribution in [0.25, 0.3) is 0 Å². The zero-order valence-corrected chi connectivity index (χ0v) is 12.1. The largest absolute Gasteiger partial charge is 0.351 e. The third kappa shape index (κ3) is 3.28. The maximum absolute atomic E-state index is 12.2. The van der Waals surface area contributed by atoms with Gasteiger partial charge in [-0.2, -0.15) is 0 Å². The van der Waals surface area contributed by atoms with E-state index >= 15 is 0 Å². The number of nitrogens with one attached hydrogen (secondary N) is 1. The van der Waals surface area contributed by atoms with Gasteiger partial charge >= 0.3 is 0 Å². The Labute approximate surface area is 122 Å². The van der Waals surface area contributed by atoms with Crippen LogP contribution in [0.15, 0.2) is 18.2 Å². The molecule has 1 aliphatic carbocycles. The predicted octanol–water partition coefficient (Wildman–Crippen LogP) is 3.04. The lowest BCUT2D eigenvalue weighted by Gasteiger charge is -2.14. The van der Waals surface area contributed by atoms with Gasteiger partial charge in [-0.15, -0.1) is 11.6 Å². The first-order chi connectivity index (χ1) is 9.47. The van der Waals surface area contributed by atoms with E-state index in [1.165, 1.54) is 6.07 Å². The van der Waals surface area contributed by atoms with Gasteiger partial charge in [0, 0.05) is 18.5 Å². The summed E-state index contributed by atoms with van der Waals surface area (Å²) >= 11 is 5.74. The quantitative estimate of drug-likeness (QED) is 0.498. The minimum Gasteiger partial charge on any atom is -0.351 e. The van der Waals surface area contributed by atoms with Crippen LogP contribution in [0.3, 0.4) is 0 Å². The number of nitro groups is 1. The summed E-state index contributed by atoms with van der Waals surface area (Å²) in [5, 5.41) is 13.8. The summed E-state index contributed by atoms with van der Waals surface area (Å²) in [6.45, 7) is 2.33. The van der Waals surface area contributed by atoms with Gasteiger partial charge in [0.25, 0.3) is 11.6 Å². The Balaban J connectivity index is 2.09. The number of nitro benzene ring substituents is 1. The van der Waals surface area contributed by atoms with Gasteiger partial charge in [0.15, 0.2) is 0 Å². The average molecular weight is 297 g/mol. The van der Waals surface area contributed by atoms with Gasteiger partial charge < -0.3 is 5.32 Å². The fourth-order valence-corrected chi connectivity index (χ4v) is 2.65. The van der Waals surface area contributed by atoms with Crippen molar-refractivity contribution in [3.05, 3.63) is 39.4 Å². The van der Waals surface area contributed by atoms with Crippen LogP contribution in [0.2, 0.25) is 0 Å². The van der Waals surface area contributed by atoms with Gasteiger partial charge in [-0.3, -0.25) is 14.9 Å². The first kappa shape index (κ1) is 14.8. The Hall–Kier alpha value is -1.62. The highest BCUT2D eigenvalue weighted by atomic mass is 35.5. The molecule has 20 heavy (non-hydrogen) atoms. The molecule has 2 rings (SSSR count). The monoisotopic (exact) mass is 296 g/mol. The minimum absolute atomic E-state index is 0.107. The minimum atomic E-state index is -0.528. The molecule has 1 fully saturated rings. The number of nitrogens with zero attached hydrogens (tertiary/aromatic N) is 1. The van der Waals surface area contributed by atoms with Crippen molar-refractivity contribution in [1.82, 2.24) is 5.32 Å². The fraction of sp³-hybridized carbons (Fsp3) is 0.500. The standard InChI is InChI=1S/C14H17ClN2O3/c1-10-2-3-12(17(19)20)11(8-10)13(18)16-9-14(4-5-14)6-7-15/h2-3,8H,4-7,9H2,1H3,(H,16,18). The number of amides is 1. The number of carbonyl (C=O) groups is 1. The zero-order chi connectivity index (χ0) is 14.8. The maximum Gasteiger partial charge on any atom is 0.282 e. The Bertz CT molecular complexity index is 541. The third-order valence-electron chi connectivity index (χ3n) is 3.80. The second kappa shape index (κ2) is 5.79. The number of hydrogen-bond acceptors (Lipinski definition) is 3. The molecule has 0 spiro atoms. The van der Waals surface area contributed by atoms with Gasteiger partial charge in [-0.05, 0) is 43.2 Å². The zero-order valence-electron chi connectivity index (χ0n) is 11.3. The molecular weight excluding hydrogens is 280 g/mol. The molecule has 1 aliphatic rings. The summed E-state index contributed by atoms with van der Waals surface area (Å²) in [6.07, 6.45) is 2.97. The highest BCUT2D eigenvalue weighted by Gasteiger charge is 2.42. The smallest absolute Gasteiger partial charge is 0.282 e. The molecule has 0 aromatic heterocycles. The number of halogens is 1. The SMILES string of the molecule is Cc1ccc([N+](=O)[O-])c(C(=O)NCC2(CCCl)CC2)c1. The summed E-state index contributed by atoms with van der Waals surface area (Å²) in [7, 11) is 0. The molecule has 1 aromatic rings. The normalized spacial score (nSPS) is 15.7. The van der Waals surface area contributed by atoms with Crippen molar-refractivity contribution < 1.29 is 9.72 Å². The third-order valence-corrected chi connectivity index (χ3v) is 3.99. The molecule has 0 atom stereocenters. The number of hydrogen-bond donors (Lipinski definition) is 1. The van der Waals surface area contributed by atoms with Crippen LogP contribution in [-0.2, 0) is 0 Å². The number of carbonyl (C=O) groups excluding carboxylic acids is 1. The van der Waals surface area contributed by atoms with Crippen molar-refractivity contribution in [2.45, 2.75) is 26.2 Å². The molecule has 1 aromatic carbocycles. The summed E-state index contributed by atoms with van der Waals surface area (Å²) < 4.78 is 0. The predicted molar refractivity (Wildman–Crippen MR) is 77.2 cm³/mol. The molecule has 1 N–H and O–H groups in total. The highest BCUT2D eigenvalue weighted by molar-refractivity contribution is 6.17. The van der Waals surface area contributed by atoms with Crippen molar-refractivity contribution in [2.24, 2.45) is 5.41 Å². The van der Waals surface area contributed by atoms with Gasteiger partial charge in [-0.1, -0.05) is 6.07 Å².